The van der Waals surface area contributed by atoms with E-state index in [4.69, 9.17) is 0 Å². The SMILES string of the molecule is C[N+]12CCC(CC1)[C@H]([C@@](O)(c1ccccc1)c1cccs1)C2. The molecule has 1 aromatic carbocycles. The number of nitrogens with zero attached hydrogens (tertiary/aromatic N) is 1. The molecule has 0 aliphatic carbocycles. The summed E-state index contributed by atoms with van der Waals surface area (Å²) < 4.78 is 1.13. The first-order chi connectivity index (χ1) is 10.6. The molecule has 3 aliphatic rings. The highest BCUT2D eigenvalue weighted by atomic mass is 32.1. The molecule has 2 bridgehead atoms. The third-order valence-corrected chi connectivity index (χ3v) is 6.93. The first-order valence-corrected chi connectivity index (χ1v) is 9.15. The van der Waals surface area contributed by atoms with Crippen molar-refractivity contribution in [2.75, 3.05) is 26.7 Å². The van der Waals surface area contributed by atoms with Crippen molar-refractivity contribution in [3.05, 3.63) is 58.3 Å². The number of fused-ring (bicyclic) bond motifs is 3. The van der Waals surface area contributed by atoms with E-state index in [-0.39, 0.29) is 0 Å². The predicted molar refractivity (Wildman–Crippen MR) is 90.8 cm³/mol. The molecule has 0 unspecified atom stereocenters. The van der Waals surface area contributed by atoms with Crippen molar-refractivity contribution in [3.63, 3.8) is 0 Å². The predicted octanol–water partition coefficient (Wildman–Crippen LogP) is 3.47. The molecule has 5 rings (SSSR count). The Balaban J connectivity index is 1.82. The van der Waals surface area contributed by atoms with Crippen molar-refractivity contribution < 1.29 is 9.59 Å². The first kappa shape index (κ1) is 14.4. The fraction of sp³-hybridized carbons (Fsp3) is 0.474. The van der Waals surface area contributed by atoms with E-state index >= 15 is 0 Å². The van der Waals surface area contributed by atoms with E-state index < -0.39 is 5.60 Å². The summed E-state index contributed by atoms with van der Waals surface area (Å²) >= 11 is 1.69. The summed E-state index contributed by atoms with van der Waals surface area (Å²) in [6.07, 6.45) is 2.50. The van der Waals surface area contributed by atoms with Crippen LogP contribution >= 0.6 is 11.3 Å². The Hall–Kier alpha value is -1.16. The van der Waals surface area contributed by atoms with E-state index in [1.165, 1.54) is 25.9 Å². The maximum Gasteiger partial charge on any atom is 0.132 e. The van der Waals surface area contributed by atoms with Crippen molar-refractivity contribution in [2.45, 2.75) is 18.4 Å². The third kappa shape index (κ3) is 2.15. The molecule has 1 aromatic heterocycles. The summed E-state index contributed by atoms with van der Waals surface area (Å²) in [5, 5.41) is 14.0. The number of thiophene rings is 1. The summed E-state index contributed by atoms with van der Waals surface area (Å²) in [5.74, 6) is 0.966. The molecule has 22 heavy (non-hydrogen) atoms. The molecule has 0 spiro atoms. The Morgan fingerprint density at radius 3 is 2.41 bits per heavy atom. The number of piperidine rings is 3. The van der Waals surface area contributed by atoms with Gasteiger partial charge in [0.05, 0.1) is 26.7 Å². The van der Waals surface area contributed by atoms with Crippen molar-refractivity contribution in [1.82, 2.24) is 0 Å². The normalized spacial score (nSPS) is 33.5. The number of hydrogen-bond donors (Lipinski definition) is 1. The van der Waals surface area contributed by atoms with Crippen molar-refractivity contribution in [3.8, 4) is 0 Å². The molecular formula is C19H24NOS+. The second-order valence-electron chi connectivity index (χ2n) is 7.30. The molecule has 116 valence electrons. The van der Waals surface area contributed by atoms with Crippen LogP contribution in [0.4, 0.5) is 0 Å². The van der Waals surface area contributed by atoms with Gasteiger partial charge >= 0.3 is 0 Å². The highest BCUT2D eigenvalue weighted by molar-refractivity contribution is 7.10. The lowest BCUT2D eigenvalue weighted by molar-refractivity contribution is -0.930. The number of rotatable bonds is 3. The van der Waals surface area contributed by atoms with Gasteiger partial charge in [-0.25, -0.2) is 0 Å². The van der Waals surface area contributed by atoms with Crippen LogP contribution in [-0.2, 0) is 5.60 Å². The van der Waals surface area contributed by atoms with Gasteiger partial charge in [0.2, 0.25) is 0 Å². The zero-order valence-corrected chi connectivity index (χ0v) is 13.9. The second kappa shape index (κ2) is 5.19. The van der Waals surface area contributed by atoms with E-state index in [1.54, 1.807) is 11.3 Å². The molecule has 0 radical (unpaired) electrons. The lowest BCUT2D eigenvalue weighted by Crippen LogP contribution is -2.63. The summed E-state index contributed by atoms with van der Waals surface area (Å²) in [6, 6.07) is 14.5. The standard InChI is InChI=1S/C19H24NOS/c1-20-11-9-15(10-12-20)17(14-20)19(21,18-8-5-13-22-18)16-6-3-2-4-7-16/h2-8,13,15,17,21H,9-12,14H2,1H3/q+1/t15?,17-,19+,20?/m1/s1. The molecule has 0 amide bonds. The van der Waals surface area contributed by atoms with Crippen LogP contribution in [0.1, 0.15) is 23.3 Å². The highest BCUT2D eigenvalue weighted by Crippen LogP contribution is 2.49. The average molecular weight is 314 g/mol. The van der Waals surface area contributed by atoms with Crippen LogP contribution in [0, 0.1) is 11.8 Å². The molecule has 3 fully saturated rings. The Morgan fingerprint density at radius 2 is 1.82 bits per heavy atom. The quantitative estimate of drug-likeness (QED) is 0.860. The minimum atomic E-state index is -0.833. The number of quaternary nitrogens is 1. The van der Waals surface area contributed by atoms with Crippen molar-refractivity contribution in [1.29, 1.82) is 0 Å². The van der Waals surface area contributed by atoms with Crippen LogP contribution in [-0.4, -0.2) is 36.3 Å². The van der Waals surface area contributed by atoms with Crippen LogP contribution < -0.4 is 0 Å². The summed E-state index contributed by atoms with van der Waals surface area (Å²) in [7, 11) is 2.36. The van der Waals surface area contributed by atoms with Gasteiger partial charge in [-0.05, 0) is 22.9 Å². The Labute approximate surface area is 136 Å². The van der Waals surface area contributed by atoms with Crippen LogP contribution in [0.5, 0.6) is 0 Å². The van der Waals surface area contributed by atoms with Crippen molar-refractivity contribution >= 4 is 11.3 Å². The van der Waals surface area contributed by atoms with Gasteiger partial charge in [-0.1, -0.05) is 36.4 Å². The van der Waals surface area contributed by atoms with Gasteiger partial charge in [-0.15, -0.1) is 11.3 Å². The van der Waals surface area contributed by atoms with Gasteiger partial charge < -0.3 is 9.59 Å². The molecule has 4 heterocycles. The summed E-state index contributed by atoms with van der Waals surface area (Å²) in [6.45, 7) is 3.64. The Morgan fingerprint density at radius 1 is 1.09 bits per heavy atom. The maximum absolute atomic E-state index is 11.9. The van der Waals surface area contributed by atoms with E-state index in [9.17, 15) is 5.11 Å². The Bertz CT molecular complexity index is 631. The molecule has 1 N–H and O–H groups in total. The van der Waals surface area contributed by atoms with E-state index in [0.717, 1.165) is 21.5 Å². The van der Waals surface area contributed by atoms with Gasteiger partial charge in [0.15, 0.2) is 0 Å². The number of benzene rings is 1. The smallest absolute Gasteiger partial charge is 0.132 e. The Kier molecular flexibility index (Phi) is 3.40. The van der Waals surface area contributed by atoms with Crippen LogP contribution in [0.15, 0.2) is 47.8 Å². The number of aliphatic hydroxyl groups is 1. The zero-order valence-electron chi connectivity index (χ0n) is 13.1. The van der Waals surface area contributed by atoms with Crippen LogP contribution in [0.25, 0.3) is 0 Å². The number of hydrogen-bond acceptors (Lipinski definition) is 2. The lowest BCUT2D eigenvalue weighted by Gasteiger charge is -2.54. The molecule has 0 saturated carbocycles. The van der Waals surface area contributed by atoms with Gasteiger partial charge in [0.1, 0.15) is 5.60 Å². The monoisotopic (exact) mass is 314 g/mol. The maximum atomic E-state index is 11.9. The minimum absolute atomic E-state index is 0.320. The second-order valence-corrected chi connectivity index (χ2v) is 8.25. The van der Waals surface area contributed by atoms with Gasteiger partial charge in [-0.3, -0.25) is 0 Å². The third-order valence-electron chi connectivity index (χ3n) is 5.93. The lowest BCUT2D eigenvalue weighted by atomic mass is 9.66. The van der Waals surface area contributed by atoms with E-state index in [2.05, 4.69) is 36.7 Å². The molecule has 3 aliphatic heterocycles. The summed E-state index contributed by atoms with van der Waals surface area (Å²) in [4.78, 5) is 1.10. The molecule has 3 saturated heterocycles. The van der Waals surface area contributed by atoms with E-state index in [1.807, 2.05) is 18.2 Å². The molecule has 2 atom stereocenters. The highest BCUT2D eigenvalue weighted by Gasteiger charge is 2.54. The minimum Gasteiger partial charge on any atom is -0.379 e. The average Bonchev–Trinajstić information content (AvgIpc) is 3.10. The van der Waals surface area contributed by atoms with Crippen LogP contribution in [0.3, 0.4) is 0 Å². The largest absolute Gasteiger partial charge is 0.379 e. The molecule has 3 heteroatoms. The first-order valence-electron chi connectivity index (χ1n) is 8.27. The fourth-order valence-electron chi connectivity index (χ4n) is 4.62. The zero-order chi connectivity index (χ0) is 15.2. The van der Waals surface area contributed by atoms with Crippen molar-refractivity contribution in [2.24, 2.45) is 11.8 Å². The van der Waals surface area contributed by atoms with Gasteiger partial charge in [0.25, 0.3) is 0 Å². The van der Waals surface area contributed by atoms with Crippen LogP contribution in [0.2, 0.25) is 0 Å². The fourth-order valence-corrected chi connectivity index (χ4v) is 5.53. The molecule has 2 aromatic rings. The molecule has 2 nitrogen and oxygen atoms in total. The summed E-state index contributed by atoms with van der Waals surface area (Å²) in [5.41, 5.74) is 0.225. The van der Waals surface area contributed by atoms with E-state index in [0.29, 0.717) is 11.8 Å². The molecular weight excluding hydrogens is 290 g/mol. The van der Waals surface area contributed by atoms with Gasteiger partial charge in [0, 0.05) is 23.6 Å². The topological polar surface area (TPSA) is 20.2 Å². The van der Waals surface area contributed by atoms with Gasteiger partial charge in [-0.2, -0.15) is 0 Å².